The Balaban J connectivity index is 1.70. The van der Waals surface area contributed by atoms with E-state index in [9.17, 15) is 4.79 Å². The van der Waals surface area contributed by atoms with Crippen molar-refractivity contribution in [1.29, 1.82) is 0 Å². The maximum Gasteiger partial charge on any atom is 0.237 e. The number of amides is 1. The monoisotopic (exact) mass is 375 g/mol. The summed E-state index contributed by atoms with van der Waals surface area (Å²) >= 11 is 2.77. The highest BCUT2D eigenvalue weighted by Crippen LogP contribution is 2.28. The van der Waals surface area contributed by atoms with E-state index >= 15 is 0 Å². The van der Waals surface area contributed by atoms with Gasteiger partial charge in [-0.2, -0.15) is 0 Å². The number of para-hydroxylation sites is 2. The summed E-state index contributed by atoms with van der Waals surface area (Å²) in [5, 5.41) is 13.1. The number of nitrogens with one attached hydrogen (secondary N) is 1. The first kappa shape index (κ1) is 17.3. The van der Waals surface area contributed by atoms with Gasteiger partial charge in [0.1, 0.15) is 5.75 Å². The van der Waals surface area contributed by atoms with Crippen LogP contribution in [0.2, 0.25) is 0 Å². The molecule has 0 fully saturated rings. The van der Waals surface area contributed by atoms with Gasteiger partial charge in [-0.15, -0.1) is 21.5 Å². The zero-order valence-corrected chi connectivity index (χ0v) is 15.3. The van der Waals surface area contributed by atoms with Crippen molar-refractivity contribution in [3.05, 3.63) is 41.8 Å². The third-order valence-electron chi connectivity index (χ3n) is 3.42. The smallest absolute Gasteiger partial charge is 0.237 e. The Bertz CT molecular complexity index is 863. The summed E-state index contributed by atoms with van der Waals surface area (Å²) < 4.78 is 6.65. The molecule has 1 atom stereocenters. The molecule has 3 rings (SSSR count). The molecule has 1 amide bonds. The lowest BCUT2D eigenvalue weighted by molar-refractivity contribution is -0.115. The zero-order valence-electron chi connectivity index (χ0n) is 13.7. The number of ether oxygens (including phenoxy) is 1. The fourth-order valence-electron chi connectivity index (χ4n) is 2.13. The van der Waals surface area contributed by atoms with Crippen LogP contribution in [-0.4, -0.2) is 33.1 Å². The fourth-order valence-corrected chi connectivity index (χ4v) is 3.60. The second kappa shape index (κ2) is 7.58. The quantitative estimate of drug-likeness (QED) is 0.508. The van der Waals surface area contributed by atoms with Gasteiger partial charge in [0, 0.05) is 0 Å². The molecule has 25 heavy (non-hydrogen) atoms. The molecular formula is C16H17N5O2S2. The van der Waals surface area contributed by atoms with Crippen molar-refractivity contribution in [3.63, 3.8) is 0 Å². The van der Waals surface area contributed by atoms with Gasteiger partial charge in [0.15, 0.2) is 5.82 Å². The zero-order chi connectivity index (χ0) is 17.8. The largest absolute Gasteiger partial charge is 0.495 e. The third-order valence-corrected chi connectivity index (χ3v) is 5.34. The fraction of sp³-hybridized carbons (Fsp3) is 0.188. The Morgan fingerprint density at radius 3 is 2.84 bits per heavy atom. The molecule has 0 aliphatic rings. The van der Waals surface area contributed by atoms with Gasteiger partial charge in [-0.1, -0.05) is 30.0 Å². The molecule has 0 saturated carbocycles. The van der Waals surface area contributed by atoms with Gasteiger partial charge in [0.2, 0.25) is 11.1 Å². The number of nitrogen functional groups attached to an aromatic ring is 1. The van der Waals surface area contributed by atoms with Gasteiger partial charge < -0.3 is 15.9 Å². The number of anilines is 1. The van der Waals surface area contributed by atoms with Crippen LogP contribution in [0.25, 0.3) is 10.7 Å². The first-order valence-corrected chi connectivity index (χ1v) is 9.21. The average Bonchev–Trinajstić information content (AvgIpc) is 3.26. The number of hydrogen-bond acceptors (Lipinski definition) is 7. The van der Waals surface area contributed by atoms with Crippen LogP contribution in [0.1, 0.15) is 6.92 Å². The molecule has 1 unspecified atom stereocenters. The summed E-state index contributed by atoms with van der Waals surface area (Å²) in [4.78, 5) is 13.4. The maximum absolute atomic E-state index is 12.4. The van der Waals surface area contributed by atoms with Crippen molar-refractivity contribution in [2.45, 2.75) is 17.3 Å². The summed E-state index contributed by atoms with van der Waals surface area (Å²) in [6.45, 7) is 1.79. The number of methoxy groups -OCH3 is 1. The van der Waals surface area contributed by atoms with Crippen LogP contribution >= 0.6 is 23.1 Å². The van der Waals surface area contributed by atoms with Gasteiger partial charge in [-0.3, -0.25) is 4.79 Å². The number of thioether (sulfide) groups is 1. The van der Waals surface area contributed by atoms with Gasteiger partial charge in [-0.05, 0) is 30.5 Å². The van der Waals surface area contributed by atoms with E-state index in [0.717, 1.165) is 4.88 Å². The number of thiophene rings is 1. The topological polar surface area (TPSA) is 95.1 Å². The lowest BCUT2D eigenvalue weighted by Gasteiger charge is -2.13. The van der Waals surface area contributed by atoms with Crippen molar-refractivity contribution >= 4 is 34.7 Å². The highest BCUT2D eigenvalue weighted by molar-refractivity contribution is 8.00. The van der Waals surface area contributed by atoms with Crippen molar-refractivity contribution < 1.29 is 9.53 Å². The summed E-state index contributed by atoms with van der Waals surface area (Å²) in [6.07, 6.45) is 0. The molecule has 2 heterocycles. The van der Waals surface area contributed by atoms with Crippen molar-refractivity contribution in [2.75, 3.05) is 18.3 Å². The van der Waals surface area contributed by atoms with Crippen LogP contribution in [0.3, 0.4) is 0 Å². The SMILES string of the molecule is COc1ccccc1NC(=O)C(C)Sc1nnc(-c2cccs2)n1N. The molecule has 0 saturated heterocycles. The Labute approximate surface area is 153 Å². The van der Waals surface area contributed by atoms with Gasteiger partial charge in [0.05, 0.1) is 22.9 Å². The summed E-state index contributed by atoms with van der Waals surface area (Å²) in [5.74, 6) is 7.08. The number of rotatable bonds is 6. The molecule has 7 nitrogen and oxygen atoms in total. The van der Waals surface area contributed by atoms with E-state index < -0.39 is 5.25 Å². The molecule has 0 bridgehead atoms. The van der Waals surface area contributed by atoms with E-state index in [0.29, 0.717) is 22.4 Å². The number of benzene rings is 1. The Morgan fingerprint density at radius 2 is 2.12 bits per heavy atom. The second-order valence-electron chi connectivity index (χ2n) is 5.10. The molecule has 1 aromatic carbocycles. The maximum atomic E-state index is 12.4. The van der Waals surface area contributed by atoms with Gasteiger partial charge in [0.25, 0.3) is 0 Å². The molecule has 9 heteroatoms. The van der Waals surface area contributed by atoms with Crippen LogP contribution in [0, 0.1) is 0 Å². The van der Waals surface area contributed by atoms with Gasteiger partial charge in [-0.25, -0.2) is 4.68 Å². The highest BCUT2D eigenvalue weighted by Gasteiger charge is 2.21. The second-order valence-corrected chi connectivity index (χ2v) is 7.36. The standard InChI is InChI=1S/C16H17N5O2S2/c1-10(15(22)18-11-6-3-4-7-12(11)23-2)25-16-20-19-14(21(16)17)13-8-5-9-24-13/h3-10H,17H2,1-2H3,(H,18,22). The van der Waals surface area contributed by atoms with E-state index in [4.69, 9.17) is 10.6 Å². The molecule has 0 aliphatic heterocycles. The van der Waals surface area contributed by atoms with Crippen molar-refractivity contribution in [2.24, 2.45) is 0 Å². The first-order chi connectivity index (χ1) is 12.1. The number of carbonyl (C=O) groups excluding carboxylic acids is 1. The summed E-state index contributed by atoms with van der Waals surface area (Å²) in [7, 11) is 1.56. The molecule has 2 aromatic heterocycles. The van der Waals surface area contributed by atoms with E-state index in [1.165, 1.54) is 27.8 Å². The predicted molar refractivity (Wildman–Crippen MR) is 100 cm³/mol. The highest BCUT2D eigenvalue weighted by atomic mass is 32.2. The average molecular weight is 375 g/mol. The number of nitrogens with two attached hydrogens (primary N) is 1. The molecule has 0 radical (unpaired) electrons. The van der Waals surface area contributed by atoms with Crippen molar-refractivity contribution in [1.82, 2.24) is 14.9 Å². The molecule has 3 N–H and O–H groups in total. The molecule has 130 valence electrons. The Morgan fingerprint density at radius 1 is 1.32 bits per heavy atom. The van der Waals surface area contributed by atoms with E-state index in [1.807, 2.05) is 29.6 Å². The number of nitrogens with zero attached hydrogens (tertiary/aromatic N) is 3. The number of carbonyl (C=O) groups is 1. The lowest BCUT2D eigenvalue weighted by atomic mass is 10.3. The van der Waals surface area contributed by atoms with Crippen LogP contribution in [0.4, 0.5) is 5.69 Å². The van der Waals surface area contributed by atoms with Crippen molar-refractivity contribution in [3.8, 4) is 16.5 Å². The molecule has 0 aliphatic carbocycles. The lowest BCUT2D eigenvalue weighted by Crippen LogP contribution is -2.24. The minimum absolute atomic E-state index is 0.171. The number of aromatic nitrogens is 3. The Kier molecular flexibility index (Phi) is 5.25. The van der Waals surface area contributed by atoms with E-state index in [1.54, 1.807) is 26.2 Å². The normalized spacial score (nSPS) is 11.9. The van der Waals surface area contributed by atoms with Crippen LogP contribution in [0.5, 0.6) is 5.75 Å². The van der Waals surface area contributed by atoms with Crippen LogP contribution in [-0.2, 0) is 4.79 Å². The predicted octanol–water partition coefficient (Wildman–Crippen LogP) is 2.85. The minimum atomic E-state index is -0.410. The van der Waals surface area contributed by atoms with Crippen LogP contribution < -0.4 is 15.9 Å². The molecule has 0 spiro atoms. The first-order valence-electron chi connectivity index (χ1n) is 7.45. The van der Waals surface area contributed by atoms with E-state index in [2.05, 4.69) is 15.5 Å². The minimum Gasteiger partial charge on any atom is -0.495 e. The number of hydrogen-bond donors (Lipinski definition) is 2. The van der Waals surface area contributed by atoms with E-state index in [-0.39, 0.29) is 5.91 Å². The molecule has 3 aromatic rings. The Hall–Kier alpha value is -2.52. The van der Waals surface area contributed by atoms with Gasteiger partial charge >= 0.3 is 0 Å². The third kappa shape index (κ3) is 3.77. The molecular weight excluding hydrogens is 358 g/mol. The summed E-state index contributed by atoms with van der Waals surface area (Å²) in [5.41, 5.74) is 0.621. The van der Waals surface area contributed by atoms with Crippen LogP contribution in [0.15, 0.2) is 46.9 Å². The summed E-state index contributed by atoms with van der Waals surface area (Å²) in [6, 6.07) is 11.1.